The van der Waals surface area contributed by atoms with Crippen molar-refractivity contribution in [3.8, 4) is 0 Å². The van der Waals surface area contributed by atoms with E-state index < -0.39 is 0 Å². The summed E-state index contributed by atoms with van der Waals surface area (Å²) in [5, 5.41) is 4.23. The molecule has 0 aromatic carbocycles. The number of amides is 2. The van der Waals surface area contributed by atoms with Gasteiger partial charge in [0.1, 0.15) is 5.69 Å². The molecule has 1 spiro atoms. The predicted octanol–water partition coefficient (Wildman–Crippen LogP) is 1.71. The second-order valence-electron chi connectivity index (χ2n) is 8.00. The van der Waals surface area contributed by atoms with Crippen molar-refractivity contribution in [2.75, 3.05) is 26.2 Å². The monoisotopic (exact) mass is 384 g/mol. The number of aromatic nitrogens is 4. The molecule has 0 aliphatic carbocycles. The molecule has 1 atom stereocenters. The number of nitrogens with one attached hydrogen (secondary N) is 1. The third kappa shape index (κ3) is 3.68. The number of aromatic amines is 1. The molecule has 0 bridgehead atoms. The van der Waals surface area contributed by atoms with Crippen LogP contribution in [0.15, 0.2) is 24.8 Å². The predicted molar refractivity (Wildman–Crippen MR) is 104 cm³/mol. The molecular weight excluding hydrogens is 356 g/mol. The largest absolute Gasteiger partial charge is 0.348 e. The van der Waals surface area contributed by atoms with Crippen molar-refractivity contribution < 1.29 is 9.59 Å². The molecule has 2 aromatic rings. The highest BCUT2D eigenvalue weighted by Gasteiger charge is 2.43. The van der Waals surface area contributed by atoms with E-state index in [1.54, 1.807) is 23.3 Å². The second kappa shape index (κ2) is 7.77. The van der Waals surface area contributed by atoms with Gasteiger partial charge in [0.15, 0.2) is 0 Å². The van der Waals surface area contributed by atoms with Gasteiger partial charge in [-0.05, 0) is 32.3 Å². The summed E-state index contributed by atoms with van der Waals surface area (Å²) >= 11 is 0. The van der Waals surface area contributed by atoms with E-state index in [1.807, 2.05) is 22.9 Å². The van der Waals surface area contributed by atoms with Gasteiger partial charge in [-0.15, -0.1) is 0 Å². The van der Waals surface area contributed by atoms with Gasteiger partial charge in [-0.2, -0.15) is 5.10 Å². The van der Waals surface area contributed by atoms with Gasteiger partial charge < -0.3 is 14.8 Å². The number of rotatable bonds is 5. The number of nitrogens with zero attached hydrogens (tertiary/aromatic N) is 5. The molecule has 0 unspecified atom stereocenters. The quantitative estimate of drug-likeness (QED) is 0.850. The SMILES string of the molecule is CCn1nccc1C(=O)N1CCC[C@]2(CCC(=O)N(CCc3cnc[nH]3)C2)C1. The fourth-order valence-corrected chi connectivity index (χ4v) is 4.63. The average molecular weight is 384 g/mol. The van der Waals surface area contributed by atoms with E-state index in [9.17, 15) is 9.59 Å². The summed E-state index contributed by atoms with van der Waals surface area (Å²) in [6, 6.07) is 1.80. The Balaban J connectivity index is 1.44. The van der Waals surface area contributed by atoms with Crippen molar-refractivity contribution in [1.82, 2.24) is 29.5 Å². The summed E-state index contributed by atoms with van der Waals surface area (Å²) in [6.07, 6.45) is 9.42. The van der Waals surface area contributed by atoms with E-state index in [-0.39, 0.29) is 17.2 Å². The molecule has 4 heterocycles. The zero-order valence-corrected chi connectivity index (χ0v) is 16.4. The maximum atomic E-state index is 13.1. The Bertz CT molecular complexity index is 830. The maximum absolute atomic E-state index is 13.1. The molecule has 28 heavy (non-hydrogen) atoms. The molecule has 2 saturated heterocycles. The first-order valence-corrected chi connectivity index (χ1v) is 10.2. The standard InChI is InChI=1S/C20H28N6O2/c1-2-26-17(5-9-23-26)19(28)25-10-3-7-20(14-25)8-4-18(27)24(13-20)11-6-16-12-21-15-22-16/h5,9,12,15H,2-4,6-8,10-11,13-14H2,1H3,(H,21,22)/t20-/m1/s1. The van der Waals surface area contributed by atoms with E-state index >= 15 is 0 Å². The molecule has 2 fully saturated rings. The molecule has 8 heteroatoms. The minimum Gasteiger partial charge on any atom is -0.348 e. The highest BCUT2D eigenvalue weighted by molar-refractivity contribution is 5.92. The Hall–Kier alpha value is -2.64. The molecule has 8 nitrogen and oxygen atoms in total. The lowest BCUT2D eigenvalue weighted by atomic mass is 9.73. The van der Waals surface area contributed by atoms with Crippen molar-refractivity contribution in [1.29, 1.82) is 0 Å². The number of carbonyl (C=O) groups excluding carboxylic acids is 2. The molecule has 0 saturated carbocycles. The van der Waals surface area contributed by atoms with Gasteiger partial charge in [0.2, 0.25) is 5.91 Å². The minimum absolute atomic E-state index is 0.00682. The van der Waals surface area contributed by atoms with Gasteiger partial charge in [-0.25, -0.2) is 4.98 Å². The molecule has 2 aliphatic heterocycles. The molecule has 0 radical (unpaired) electrons. The summed E-state index contributed by atoms with van der Waals surface area (Å²) in [4.78, 5) is 36.6. The van der Waals surface area contributed by atoms with Crippen LogP contribution in [-0.2, 0) is 17.8 Å². The minimum atomic E-state index is 0.00682. The van der Waals surface area contributed by atoms with Crippen molar-refractivity contribution >= 4 is 11.8 Å². The van der Waals surface area contributed by atoms with Gasteiger partial charge >= 0.3 is 0 Å². The van der Waals surface area contributed by atoms with Crippen LogP contribution in [0.2, 0.25) is 0 Å². The Labute approximate surface area is 164 Å². The number of H-pyrrole nitrogens is 1. The van der Waals surface area contributed by atoms with Crippen LogP contribution in [0.4, 0.5) is 0 Å². The average Bonchev–Trinajstić information content (AvgIpc) is 3.40. The van der Waals surface area contributed by atoms with Crippen LogP contribution in [0, 0.1) is 5.41 Å². The smallest absolute Gasteiger partial charge is 0.272 e. The number of likely N-dealkylation sites (tertiary alicyclic amines) is 2. The van der Waals surface area contributed by atoms with Crippen LogP contribution in [-0.4, -0.2) is 67.5 Å². The summed E-state index contributed by atoms with van der Waals surface area (Å²) in [5.41, 5.74) is 1.70. The van der Waals surface area contributed by atoms with Crippen LogP contribution >= 0.6 is 0 Å². The lowest BCUT2D eigenvalue weighted by molar-refractivity contribution is -0.138. The topological polar surface area (TPSA) is 87.1 Å². The van der Waals surface area contributed by atoms with Gasteiger partial charge in [-0.3, -0.25) is 14.3 Å². The maximum Gasteiger partial charge on any atom is 0.272 e. The number of hydrogen-bond acceptors (Lipinski definition) is 4. The lowest BCUT2D eigenvalue weighted by Crippen LogP contribution is -2.55. The number of carbonyl (C=O) groups is 2. The van der Waals surface area contributed by atoms with Crippen LogP contribution in [0.5, 0.6) is 0 Å². The fraction of sp³-hybridized carbons (Fsp3) is 0.600. The van der Waals surface area contributed by atoms with E-state index in [0.29, 0.717) is 31.7 Å². The normalized spacial score (nSPS) is 22.8. The lowest BCUT2D eigenvalue weighted by Gasteiger charge is -2.48. The van der Waals surface area contributed by atoms with Gasteiger partial charge in [0, 0.05) is 69.1 Å². The third-order valence-electron chi connectivity index (χ3n) is 6.14. The number of piperidine rings is 2. The first kappa shape index (κ1) is 18.7. The first-order valence-electron chi connectivity index (χ1n) is 10.2. The number of imidazole rings is 1. The van der Waals surface area contributed by atoms with E-state index in [0.717, 1.165) is 44.5 Å². The van der Waals surface area contributed by atoms with Crippen LogP contribution < -0.4 is 0 Å². The summed E-state index contributed by atoms with van der Waals surface area (Å²) in [7, 11) is 0. The number of aryl methyl sites for hydroxylation is 1. The van der Waals surface area contributed by atoms with E-state index in [4.69, 9.17) is 0 Å². The Morgan fingerprint density at radius 3 is 3.00 bits per heavy atom. The van der Waals surface area contributed by atoms with Gasteiger partial charge in [0.05, 0.1) is 6.33 Å². The zero-order chi connectivity index (χ0) is 19.6. The van der Waals surface area contributed by atoms with Crippen molar-refractivity contribution in [3.63, 3.8) is 0 Å². The molecular formula is C20H28N6O2. The second-order valence-corrected chi connectivity index (χ2v) is 8.00. The first-order chi connectivity index (χ1) is 13.6. The molecule has 150 valence electrons. The highest BCUT2D eigenvalue weighted by Crippen LogP contribution is 2.39. The summed E-state index contributed by atoms with van der Waals surface area (Å²) in [5.74, 6) is 0.275. The van der Waals surface area contributed by atoms with Crippen molar-refractivity contribution in [2.24, 2.45) is 5.41 Å². The fourth-order valence-electron chi connectivity index (χ4n) is 4.63. The summed E-state index contributed by atoms with van der Waals surface area (Å²) in [6.45, 7) is 5.59. The molecule has 2 amide bonds. The van der Waals surface area contributed by atoms with E-state index in [2.05, 4.69) is 15.1 Å². The number of hydrogen-bond donors (Lipinski definition) is 1. The van der Waals surface area contributed by atoms with Gasteiger partial charge in [0.25, 0.3) is 5.91 Å². The molecule has 1 N–H and O–H groups in total. The van der Waals surface area contributed by atoms with Gasteiger partial charge in [-0.1, -0.05) is 0 Å². The van der Waals surface area contributed by atoms with Crippen LogP contribution in [0.25, 0.3) is 0 Å². The Morgan fingerprint density at radius 2 is 2.21 bits per heavy atom. The summed E-state index contributed by atoms with van der Waals surface area (Å²) < 4.78 is 1.75. The Kier molecular flexibility index (Phi) is 5.19. The zero-order valence-electron chi connectivity index (χ0n) is 16.4. The third-order valence-corrected chi connectivity index (χ3v) is 6.14. The van der Waals surface area contributed by atoms with Crippen LogP contribution in [0.1, 0.15) is 48.8 Å². The molecule has 4 rings (SSSR count). The van der Waals surface area contributed by atoms with E-state index in [1.165, 1.54) is 0 Å². The molecule has 2 aliphatic rings. The molecule has 2 aromatic heterocycles. The van der Waals surface area contributed by atoms with Crippen LogP contribution in [0.3, 0.4) is 0 Å². The Morgan fingerprint density at radius 1 is 1.32 bits per heavy atom. The van der Waals surface area contributed by atoms with Crippen molar-refractivity contribution in [3.05, 3.63) is 36.2 Å². The highest BCUT2D eigenvalue weighted by atomic mass is 16.2. The van der Waals surface area contributed by atoms with Crippen molar-refractivity contribution in [2.45, 2.75) is 45.6 Å².